The second-order valence-electron chi connectivity index (χ2n) is 8.84. The molecule has 0 saturated carbocycles. The first-order valence-corrected chi connectivity index (χ1v) is 11.8. The van der Waals surface area contributed by atoms with E-state index in [2.05, 4.69) is 45.1 Å². The molecule has 5 heteroatoms. The lowest BCUT2D eigenvalue weighted by atomic mass is 9.92. The van der Waals surface area contributed by atoms with Crippen LogP contribution in [0.25, 0.3) is 0 Å². The number of hydrogen-bond donors (Lipinski definition) is 1. The molecule has 0 aliphatic carbocycles. The fourth-order valence-electron chi connectivity index (χ4n) is 3.29. The third-order valence-corrected chi connectivity index (χ3v) is 11.5. The van der Waals surface area contributed by atoms with Crippen LogP contribution in [-0.2, 0) is 14.3 Å². The number of nitrogens with one attached hydrogen (secondary N) is 1. The molecule has 2 amide bonds. The summed E-state index contributed by atoms with van der Waals surface area (Å²) < 4.78 is 6.30. The van der Waals surface area contributed by atoms with Crippen LogP contribution in [0.2, 0.25) is 24.2 Å². The number of hydrogen-bond acceptors (Lipinski definition) is 3. The first-order valence-electron chi connectivity index (χ1n) is 8.60. The van der Waals surface area contributed by atoms with E-state index in [9.17, 15) is 9.59 Å². The minimum atomic E-state index is -1.62. The Balaban J connectivity index is 2.20. The fourth-order valence-corrected chi connectivity index (χ4v) is 5.61. The number of ether oxygens (including phenoxy) is 1. The maximum absolute atomic E-state index is 12.2. The van der Waals surface area contributed by atoms with Crippen LogP contribution in [0.5, 0.6) is 0 Å². The van der Waals surface area contributed by atoms with Crippen molar-refractivity contribution in [3.05, 3.63) is 11.6 Å². The topological polar surface area (TPSA) is 55.4 Å². The predicted octanol–water partition coefficient (Wildman–Crippen LogP) is 3.26. The van der Waals surface area contributed by atoms with Gasteiger partial charge in [0.25, 0.3) is 5.91 Å². The summed E-state index contributed by atoms with van der Waals surface area (Å²) in [6, 6.07) is 0.881. The molecule has 24 heavy (non-hydrogen) atoms. The molecular weight excluding hydrogens is 318 g/mol. The Morgan fingerprint density at radius 1 is 1.42 bits per heavy atom. The molecule has 1 saturated heterocycles. The zero-order valence-electron chi connectivity index (χ0n) is 15.7. The minimum absolute atomic E-state index is 0.226. The Kier molecular flexibility index (Phi) is 4.86. The quantitative estimate of drug-likeness (QED) is 0.484. The zero-order chi connectivity index (χ0) is 18.3. The number of carbonyl (C=O) groups is 2. The molecule has 2 rings (SSSR count). The summed E-state index contributed by atoms with van der Waals surface area (Å²) in [5.74, 6) is 1.87. The molecule has 0 radical (unpaired) electrons. The van der Waals surface area contributed by atoms with E-state index in [-0.39, 0.29) is 23.0 Å². The lowest BCUT2D eigenvalue weighted by Crippen LogP contribution is -2.47. The van der Waals surface area contributed by atoms with Crippen LogP contribution < -0.4 is 5.32 Å². The summed E-state index contributed by atoms with van der Waals surface area (Å²) in [5.41, 5.74) is -0.0252. The van der Waals surface area contributed by atoms with Gasteiger partial charge in [-0.2, -0.15) is 0 Å². The van der Waals surface area contributed by atoms with Gasteiger partial charge in [-0.25, -0.2) is 0 Å². The third kappa shape index (κ3) is 3.50. The lowest BCUT2D eigenvalue weighted by molar-refractivity contribution is -0.134. The second-order valence-corrected chi connectivity index (χ2v) is 14.5. The average molecular weight is 348 g/mol. The minimum Gasteiger partial charge on any atom is -0.358 e. The van der Waals surface area contributed by atoms with Gasteiger partial charge >= 0.3 is 0 Å². The molecule has 0 bridgehead atoms. The smallest absolute Gasteiger partial charge is 0.253 e. The van der Waals surface area contributed by atoms with E-state index in [0.717, 1.165) is 18.9 Å². The summed E-state index contributed by atoms with van der Waals surface area (Å²) in [7, 11) is -1.62. The van der Waals surface area contributed by atoms with Gasteiger partial charge in [-0.1, -0.05) is 45.9 Å². The van der Waals surface area contributed by atoms with Crippen molar-refractivity contribution in [1.82, 2.24) is 5.32 Å². The molecule has 0 aromatic heterocycles. The first-order chi connectivity index (χ1) is 10.9. The molecule has 3 atom stereocenters. The van der Waals surface area contributed by atoms with Crippen molar-refractivity contribution in [2.24, 2.45) is 5.92 Å². The molecule has 2 unspecified atom stereocenters. The van der Waals surface area contributed by atoms with E-state index in [1.54, 1.807) is 13.0 Å². The van der Waals surface area contributed by atoms with Crippen molar-refractivity contribution in [3.63, 3.8) is 0 Å². The van der Waals surface area contributed by atoms with Gasteiger partial charge in [0.2, 0.25) is 5.91 Å². The molecule has 4 nitrogen and oxygen atoms in total. The van der Waals surface area contributed by atoms with Gasteiger partial charge in [0, 0.05) is 5.57 Å². The number of imide groups is 1. The number of rotatable bonds is 3. The normalized spacial score (nSPS) is 31.5. The van der Waals surface area contributed by atoms with Gasteiger partial charge in [-0.3, -0.25) is 14.9 Å². The van der Waals surface area contributed by atoms with Crippen LogP contribution in [-0.4, -0.2) is 31.6 Å². The molecule has 2 aliphatic rings. The molecule has 2 heterocycles. The highest BCUT2D eigenvalue weighted by atomic mass is 28.3. The fraction of sp³-hybridized carbons (Fsp3) is 0.684. The second kappa shape index (κ2) is 6.16. The maximum Gasteiger partial charge on any atom is 0.253 e. The molecule has 0 aromatic carbocycles. The van der Waals surface area contributed by atoms with Gasteiger partial charge in [-0.15, -0.1) is 6.42 Å². The van der Waals surface area contributed by atoms with E-state index in [1.165, 1.54) is 0 Å². The van der Waals surface area contributed by atoms with E-state index >= 15 is 0 Å². The maximum atomic E-state index is 12.2. The molecule has 0 aromatic rings. The average Bonchev–Trinajstić information content (AvgIpc) is 2.85. The van der Waals surface area contributed by atoms with Crippen molar-refractivity contribution in [2.75, 3.05) is 0 Å². The van der Waals surface area contributed by atoms with Crippen LogP contribution >= 0.6 is 0 Å². The number of carbonyl (C=O) groups excluding carboxylic acids is 2. The van der Waals surface area contributed by atoms with Crippen molar-refractivity contribution >= 4 is 19.9 Å². The highest BCUT2D eigenvalue weighted by molar-refractivity contribution is 6.80. The van der Waals surface area contributed by atoms with Gasteiger partial charge in [-0.05, 0) is 30.8 Å². The van der Waals surface area contributed by atoms with E-state index < -0.39 is 19.6 Å². The Labute approximate surface area is 146 Å². The zero-order valence-corrected chi connectivity index (χ0v) is 16.7. The van der Waals surface area contributed by atoms with Gasteiger partial charge < -0.3 is 4.74 Å². The van der Waals surface area contributed by atoms with Crippen LogP contribution in [0, 0.1) is 18.3 Å². The Bertz CT molecular complexity index is 624. The molecule has 1 fully saturated rings. The van der Waals surface area contributed by atoms with Crippen molar-refractivity contribution in [2.45, 2.75) is 76.4 Å². The van der Waals surface area contributed by atoms with Gasteiger partial charge in [0.05, 0.1) is 20.1 Å². The Morgan fingerprint density at radius 3 is 2.58 bits per heavy atom. The standard InChI is InChI=1S/C19H29NO3Si/c1-8-19(12-24(6,7)18(3,4)5)10-9-15(23-19)14-11-13(2)16(21)20-17(14)22/h1,11,14-15H,9-10,12H2,2-7H3,(H,20,21,22)/t14?,15?,19-/m0/s1. The highest BCUT2D eigenvalue weighted by Crippen LogP contribution is 2.47. The first kappa shape index (κ1) is 18.9. The Hall–Kier alpha value is -1.38. The van der Waals surface area contributed by atoms with Crippen LogP contribution in [0.15, 0.2) is 11.6 Å². The van der Waals surface area contributed by atoms with Crippen LogP contribution in [0.3, 0.4) is 0 Å². The molecule has 1 N–H and O–H groups in total. The number of amides is 2. The largest absolute Gasteiger partial charge is 0.358 e. The van der Waals surface area contributed by atoms with Crippen molar-refractivity contribution in [3.8, 4) is 12.3 Å². The molecular formula is C19H29NO3Si. The van der Waals surface area contributed by atoms with E-state index in [0.29, 0.717) is 5.57 Å². The molecule has 2 aliphatic heterocycles. The van der Waals surface area contributed by atoms with E-state index in [4.69, 9.17) is 11.2 Å². The van der Waals surface area contributed by atoms with Gasteiger partial charge in [0.15, 0.2) is 0 Å². The summed E-state index contributed by atoms with van der Waals surface area (Å²) in [6.45, 7) is 13.2. The predicted molar refractivity (Wildman–Crippen MR) is 98.1 cm³/mol. The molecule has 132 valence electrons. The van der Waals surface area contributed by atoms with Crippen LogP contribution in [0.1, 0.15) is 40.5 Å². The highest BCUT2D eigenvalue weighted by Gasteiger charge is 2.49. The third-order valence-electron chi connectivity index (χ3n) is 5.96. The monoisotopic (exact) mass is 347 g/mol. The summed E-state index contributed by atoms with van der Waals surface area (Å²) >= 11 is 0. The summed E-state index contributed by atoms with van der Waals surface area (Å²) in [4.78, 5) is 23.8. The van der Waals surface area contributed by atoms with Crippen molar-refractivity contribution < 1.29 is 14.3 Å². The number of terminal acetylenes is 1. The van der Waals surface area contributed by atoms with Gasteiger partial charge in [0.1, 0.15) is 5.60 Å². The summed E-state index contributed by atoms with van der Waals surface area (Å²) in [6.07, 6.45) is 8.86. The SMILES string of the molecule is C#C[C@@]1(C[Si](C)(C)C(C)(C)C)CCC(C2C=C(C)C(=O)NC2=O)O1. The Morgan fingerprint density at radius 2 is 2.04 bits per heavy atom. The summed E-state index contributed by atoms with van der Waals surface area (Å²) in [5, 5.41) is 2.63. The lowest BCUT2D eigenvalue weighted by Gasteiger charge is -2.42. The molecule has 0 spiro atoms. The van der Waals surface area contributed by atoms with Crippen LogP contribution in [0.4, 0.5) is 0 Å². The van der Waals surface area contributed by atoms with E-state index in [1.807, 2.05) is 0 Å². The van der Waals surface area contributed by atoms with Crippen molar-refractivity contribution in [1.29, 1.82) is 0 Å².